The molecule has 3 aromatic rings. The van der Waals surface area contributed by atoms with E-state index in [2.05, 4.69) is 4.99 Å². The number of rotatable bonds is 8. The van der Waals surface area contributed by atoms with E-state index in [9.17, 15) is 4.79 Å². The number of carbonyl (C=O) groups excluding carboxylic acids is 1. The molecule has 0 spiro atoms. The van der Waals surface area contributed by atoms with Gasteiger partial charge in [-0.25, -0.2) is 9.79 Å². The van der Waals surface area contributed by atoms with E-state index in [1.807, 2.05) is 37.3 Å². The Balaban J connectivity index is 1.59. The van der Waals surface area contributed by atoms with Gasteiger partial charge in [0.15, 0.2) is 11.5 Å². The molecule has 0 atom stereocenters. The molecule has 0 N–H and O–H groups in total. The van der Waals surface area contributed by atoms with Gasteiger partial charge in [0, 0.05) is 16.1 Å². The second kappa shape index (κ2) is 11.3. The molecule has 2 aromatic carbocycles. The molecule has 0 fully saturated rings. The molecule has 1 aliphatic carbocycles. The minimum Gasteiger partial charge on any atom is -0.493 e. The highest BCUT2D eigenvalue weighted by Gasteiger charge is 2.26. The maximum absolute atomic E-state index is 12.7. The van der Waals surface area contributed by atoms with Crippen LogP contribution in [0.2, 0.25) is 10.0 Å². The topological polar surface area (TPSA) is 57.1 Å². The predicted molar refractivity (Wildman–Crippen MR) is 138 cm³/mol. The summed E-state index contributed by atoms with van der Waals surface area (Å²) in [6.45, 7) is 2.46. The number of benzene rings is 2. The molecule has 1 heterocycles. The molecule has 0 radical (unpaired) electrons. The average Bonchev–Trinajstić information content (AvgIpc) is 3.21. The predicted octanol–water partition coefficient (Wildman–Crippen LogP) is 7.45. The van der Waals surface area contributed by atoms with Crippen molar-refractivity contribution in [2.75, 3.05) is 13.7 Å². The summed E-state index contributed by atoms with van der Waals surface area (Å²) in [6, 6.07) is 11.0. The number of nitrogens with zero attached hydrogens (tertiary/aromatic N) is 1. The first-order valence-electron chi connectivity index (χ1n) is 11.1. The van der Waals surface area contributed by atoms with Crippen LogP contribution in [-0.4, -0.2) is 25.9 Å². The molecule has 0 unspecified atom stereocenters. The Morgan fingerprint density at radius 1 is 1.15 bits per heavy atom. The van der Waals surface area contributed by atoms with Gasteiger partial charge in [-0.3, -0.25) is 0 Å². The Bertz CT molecular complexity index is 1200. The first-order valence-corrected chi connectivity index (χ1v) is 12.7. The molecular formula is C26H25Cl2NO4S. The van der Waals surface area contributed by atoms with Crippen molar-refractivity contribution in [3.05, 3.63) is 73.6 Å². The third-order valence-corrected chi connectivity index (χ3v) is 7.24. The summed E-state index contributed by atoms with van der Waals surface area (Å²) in [5.41, 5.74) is 3.38. The van der Waals surface area contributed by atoms with E-state index in [1.54, 1.807) is 30.7 Å². The molecule has 5 nitrogen and oxygen atoms in total. The molecule has 4 rings (SSSR count). The lowest BCUT2D eigenvalue weighted by Crippen LogP contribution is -2.09. The largest absolute Gasteiger partial charge is 0.493 e. The van der Waals surface area contributed by atoms with Crippen molar-refractivity contribution >= 4 is 51.7 Å². The fourth-order valence-electron chi connectivity index (χ4n) is 3.88. The van der Waals surface area contributed by atoms with Crippen LogP contribution in [0.5, 0.6) is 11.5 Å². The van der Waals surface area contributed by atoms with Crippen LogP contribution in [0.1, 0.15) is 51.7 Å². The van der Waals surface area contributed by atoms with Gasteiger partial charge in [-0.15, -0.1) is 11.3 Å². The van der Waals surface area contributed by atoms with Crippen molar-refractivity contribution in [3.8, 4) is 11.5 Å². The van der Waals surface area contributed by atoms with Crippen molar-refractivity contribution < 1.29 is 19.0 Å². The molecule has 0 aliphatic heterocycles. The highest BCUT2D eigenvalue weighted by atomic mass is 35.5. The maximum atomic E-state index is 12.7. The minimum atomic E-state index is -0.310. The smallest absolute Gasteiger partial charge is 0.341 e. The summed E-state index contributed by atoms with van der Waals surface area (Å²) >= 11 is 14.0. The summed E-state index contributed by atoms with van der Waals surface area (Å²) < 4.78 is 16.8. The van der Waals surface area contributed by atoms with Crippen molar-refractivity contribution in [1.82, 2.24) is 0 Å². The van der Waals surface area contributed by atoms with Crippen LogP contribution in [0.15, 0.2) is 41.4 Å². The van der Waals surface area contributed by atoms with Crippen molar-refractivity contribution in [2.24, 2.45) is 4.99 Å². The summed E-state index contributed by atoms with van der Waals surface area (Å²) in [7, 11) is 1.56. The molecule has 0 bridgehead atoms. The van der Waals surface area contributed by atoms with Gasteiger partial charge in [0.05, 0.1) is 24.3 Å². The normalized spacial score (nSPS) is 13.1. The molecule has 34 heavy (non-hydrogen) atoms. The Morgan fingerprint density at radius 2 is 1.91 bits per heavy atom. The van der Waals surface area contributed by atoms with Crippen molar-refractivity contribution in [2.45, 2.75) is 39.2 Å². The van der Waals surface area contributed by atoms with Gasteiger partial charge in [-0.2, -0.15) is 0 Å². The number of methoxy groups -OCH3 is 1. The Hall–Kier alpha value is -2.54. The lowest BCUT2D eigenvalue weighted by molar-refractivity contribution is 0.0526. The van der Waals surface area contributed by atoms with Crippen LogP contribution in [0.3, 0.4) is 0 Å². The standard InChI is InChI=1S/C26H25Cl2NO4S/c1-3-32-26(30)23-19-6-4-5-7-22(19)34-25(23)29-14-17-12-20(28)24(21(13-17)31-2)33-15-16-8-10-18(27)11-9-16/h8-14H,3-7,15H2,1-2H3. The second-order valence-electron chi connectivity index (χ2n) is 7.82. The number of thiophene rings is 1. The maximum Gasteiger partial charge on any atom is 0.341 e. The molecule has 178 valence electrons. The first kappa shape index (κ1) is 24.6. The Morgan fingerprint density at radius 3 is 2.65 bits per heavy atom. The first-order chi connectivity index (χ1) is 16.5. The summed E-state index contributed by atoms with van der Waals surface area (Å²) in [6.07, 6.45) is 5.75. The van der Waals surface area contributed by atoms with Gasteiger partial charge in [0.25, 0.3) is 0 Å². The van der Waals surface area contributed by atoms with Gasteiger partial charge in [0.2, 0.25) is 0 Å². The summed E-state index contributed by atoms with van der Waals surface area (Å²) in [5, 5.41) is 1.75. The van der Waals surface area contributed by atoms with E-state index < -0.39 is 0 Å². The molecule has 1 aromatic heterocycles. The minimum absolute atomic E-state index is 0.310. The zero-order valence-electron chi connectivity index (χ0n) is 19.0. The van der Waals surface area contributed by atoms with E-state index in [4.69, 9.17) is 37.4 Å². The zero-order valence-corrected chi connectivity index (χ0v) is 21.4. The molecule has 0 saturated carbocycles. The SMILES string of the molecule is CCOC(=O)c1c(N=Cc2cc(Cl)c(OCc3ccc(Cl)cc3)c(OC)c2)sc2c1CCCC2. The third kappa shape index (κ3) is 5.57. The van der Waals surface area contributed by atoms with E-state index in [-0.39, 0.29) is 5.97 Å². The zero-order chi connectivity index (χ0) is 24.1. The Kier molecular flexibility index (Phi) is 8.14. The number of halogens is 2. The highest BCUT2D eigenvalue weighted by Crippen LogP contribution is 2.41. The lowest BCUT2D eigenvalue weighted by Gasteiger charge is -2.13. The van der Waals surface area contributed by atoms with Gasteiger partial charge in [-0.05, 0) is 73.6 Å². The summed E-state index contributed by atoms with van der Waals surface area (Å²) in [5.74, 6) is 0.643. The number of esters is 1. The van der Waals surface area contributed by atoms with Crippen LogP contribution in [-0.2, 0) is 24.2 Å². The van der Waals surface area contributed by atoms with E-state index in [0.29, 0.717) is 45.3 Å². The van der Waals surface area contributed by atoms with E-state index in [1.165, 1.54) is 4.88 Å². The highest BCUT2D eigenvalue weighted by molar-refractivity contribution is 7.16. The number of hydrogen-bond donors (Lipinski definition) is 0. The fourth-order valence-corrected chi connectivity index (χ4v) is 5.50. The van der Waals surface area contributed by atoms with E-state index in [0.717, 1.165) is 42.4 Å². The van der Waals surface area contributed by atoms with Crippen LogP contribution in [0.25, 0.3) is 0 Å². The van der Waals surface area contributed by atoms with Crippen LogP contribution in [0.4, 0.5) is 5.00 Å². The fraction of sp³-hybridized carbons (Fsp3) is 0.308. The number of fused-ring (bicyclic) bond motifs is 1. The second-order valence-corrected chi connectivity index (χ2v) is 9.75. The quantitative estimate of drug-likeness (QED) is 0.230. The molecule has 0 amide bonds. The molecular weight excluding hydrogens is 493 g/mol. The van der Waals surface area contributed by atoms with Crippen molar-refractivity contribution in [1.29, 1.82) is 0 Å². The molecule has 1 aliphatic rings. The monoisotopic (exact) mass is 517 g/mol. The van der Waals surface area contributed by atoms with Gasteiger partial charge < -0.3 is 14.2 Å². The van der Waals surface area contributed by atoms with Crippen molar-refractivity contribution in [3.63, 3.8) is 0 Å². The van der Waals surface area contributed by atoms with Gasteiger partial charge in [-0.1, -0.05) is 35.3 Å². The number of hydrogen-bond acceptors (Lipinski definition) is 6. The Labute approximate surface area is 213 Å². The van der Waals surface area contributed by atoms with E-state index >= 15 is 0 Å². The summed E-state index contributed by atoms with van der Waals surface area (Å²) in [4.78, 5) is 18.5. The third-order valence-electron chi connectivity index (χ3n) is 5.51. The van der Waals surface area contributed by atoms with Gasteiger partial charge in [0.1, 0.15) is 11.6 Å². The number of aryl methyl sites for hydroxylation is 1. The van der Waals surface area contributed by atoms with Crippen LogP contribution >= 0.6 is 34.5 Å². The number of ether oxygens (including phenoxy) is 3. The number of carbonyl (C=O) groups is 1. The lowest BCUT2D eigenvalue weighted by atomic mass is 9.95. The van der Waals surface area contributed by atoms with Gasteiger partial charge >= 0.3 is 5.97 Å². The van der Waals surface area contributed by atoms with Crippen LogP contribution < -0.4 is 9.47 Å². The average molecular weight is 518 g/mol. The molecule has 0 saturated heterocycles. The number of aliphatic imine (C=N–C) groups is 1. The van der Waals surface area contributed by atoms with Crippen LogP contribution in [0, 0.1) is 0 Å². The molecule has 8 heteroatoms.